The zero-order valence-electron chi connectivity index (χ0n) is 17.1. The average molecular weight is 407 g/mol. The number of hydrogen-bond acceptors (Lipinski definition) is 4. The molecule has 5 nitrogen and oxygen atoms in total. The van der Waals surface area contributed by atoms with Gasteiger partial charge >= 0.3 is 0 Å². The predicted molar refractivity (Wildman–Crippen MR) is 115 cm³/mol. The van der Waals surface area contributed by atoms with Crippen LogP contribution >= 0.6 is 0 Å². The molecule has 2 aromatic carbocycles. The van der Waals surface area contributed by atoms with Gasteiger partial charge in [0.15, 0.2) is 0 Å². The minimum absolute atomic E-state index is 0.0721. The Kier molecular flexibility index (Phi) is 6.14. The Balaban J connectivity index is 1.41. The number of nitrogens with zero attached hydrogens (tertiary/aromatic N) is 2. The molecule has 1 N–H and O–H groups in total. The summed E-state index contributed by atoms with van der Waals surface area (Å²) in [5, 5.41) is 3.04. The molecule has 1 unspecified atom stereocenters. The van der Waals surface area contributed by atoms with Crippen molar-refractivity contribution in [3.8, 4) is 0 Å². The molecule has 30 heavy (non-hydrogen) atoms. The second-order valence-electron chi connectivity index (χ2n) is 7.58. The van der Waals surface area contributed by atoms with Crippen LogP contribution in [0.5, 0.6) is 0 Å². The SMILES string of the molecule is Cc1ccc(C(=O)NCC(c2ccco2)N2CCN(c3ccccc3F)CC2)cc1. The molecule has 0 aliphatic carbocycles. The minimum Gasteiger partial charge on any atom is -0.468 e. The van der Waals surface area contributed by atoms with Gasteiger partial charge in [-0.05, 0) is 43.3 Å². The van der Waals surface area contributed by atoms with Crippen LogP contribution in [0.25, 0.3) is 0 Å². The number of benzene rings is 2. The van der Waals surface area contributed by atoms with Crippen molar-refractivity contribution in [1.82, 2.24) is 10.2 Å². The molecule has 1 fully saturated rings. The number of anilines is 1. The first-order chi connectivity index (χ1) is 14.6. The molecule has 4 rings (SSSR count). The summed E-state index contributed by atoms with van der Waals surface area (Å²) in [6.45, 7) is 5.36. The lowest BCUT2D eigenvalue weighted by molar-refractivity contribution is 0.0922. The second-order valence-corrected chi connectivity index (χ2v) is 7.58. The summed E-state index contributed by atoms with van der Waals surface area (Å²) in [6.07, 6.45) is 1.65. The summed E-state index contributed by atoms with van der Waals surface area (Å²) >= 11 is 0. The molecule has 1 amide bonds. The summed E-state index contributed by atoms with van der Waals surface area (Å²) in [4.78, 5) is 16.9. The number of nitrogens with one attached hydrogen (secondary N) is 1. The molecule has 156 valence electrons. The Morgan fingerprint density at radius 2 is 1.77 bits per heavy atom. The molecule has 0 radical (unpaired) electrons. The normalized spacial score (nSPS) is 15.7. The van der Waals surface area contributed by atoms with E-state index in [0.29, 0.717) is 30.9 Å². The van der Waals surface area contributed by atoms with Crippen molar-refractivity contribution in [3.63, 3.8) is 0 Å². The zero-order valence-corrected chi connectivity index (χ0v) is 17.1. The maximum atomic E-state index is 14.1. The summed E-state index contributed by atoms with van der Waals surface area (Å²) in [7, 11) is 0. The van der Waals surface area contributed by atoms with Gasteiger partial charge < -0.3 is 14.6 Å². The number of carbonyl (C=O) groups excluding carboxylic acids is 1. The molecule has 0 bridgehead atoms. The monoisotopic (exact) mass is 407 g/mol. The number of hydrogen-bond donors (Lipinski definition) is 1. The molecular formula is C24H26FN3O2. The second kappa shape index (κ2) is 9.13. The number of rotatable bonds is 6. The van der Waals surface area contributed by atoms with E-state index >= 15 is 0 Å². The van der Waals surface area contributed by atoms with Crippen molar-refractivity contribution in [3.05, 3.63) is 89.6 Å². The third-order valence-corrected chi connectivity index (χ3v) is 5.59. The summed E-state index contributed by atoms with van der Waals surface area (Å²) in [5.41, 5.74) is 2.40. The van der Waals surface area contributed by atoms with E-state index in [4.69, 9.17) is 4.42 Å². The number of piperazine rings is 1. The van der Waals surface area contributed by atoms with Crippen LogP contribution in [-0.2, 0) is 0 Å². The van der Waals surface area contributed by atoms with Crippen LogP contribution in [0.3, 0.4) is 0 Å². The molecule has 1 atom stereocenters. The van der Waals surface area contributed by atoms with Gasteiger partial charge in [0, 0.05) is 38.3 Å². The van der Waals surface area contributed by atoms with Crippen LogP contribution < -0.4 is 10.2 Å². The number of aryl methyl sites for hydroxylation is 1. The molecule has 0 spiro atoms. The van der Waals surface area contributed by atoms with Gasteiger partial charge in [0.2, 0.25) is 0 Å². The van der Waals surface area contributed by atoms with E-state index in [2.05, 4.69) is 15.1 Å². The largest absolute Gasteiger partial charge is 0.468 e. The fourth-order valence-corrected chi connectivity index (χ4v) is 3.87. The summed E-state index contributed by atoms with van der Waals surface area (Å²) in [6, 6.07) is 18.1. The third kappa shape index (κ3) is 4.54. The molecule has 6 heteroatoms. The van der Waals surface area contributed by atoms with E-state index in [1.807, 2.05) is 55.5 Å². The van der Waals surface area contributed by atoms with Crippen LogP contribution in [0.1, 0.15) is 27.7 Å². The van der Waals surface area contributed by atoms with Crippen molar-refractivity contribution in [2.45, 2.75) is 13.0 Å². The quantitative estimate of drug-likeness (QED) is 0.671. The van der Waals surface area contributed by atoms with Gasteiger partial charge in [0.1, 0.15) is 11.6 Å². The summed E-state index contributed by atoms with van der Waals surface area (Å²) in [5.74, 6) is 0.522. The van der Waals surface area contributed by atoms with Crippen molar-refractivity contribution < 1.29 is 13.6 Å². The Hall–Kier alpha value is -3.12. The lowest BCUT2D eigenvalue weighted by Gasteiger charge is -2.39. The third-order valence-electron chi connectivity index (χ3n) is 5.59. The Bertz CT molecular complexity index is 964. The highest BCUT2D eigenvalue weighted by molar-refractivity contribution is 5.94. The smallest absolute Gasteiger partial charge is 0.251 e. The van der Waals surface area contributed by atoms with Gasteiger partial charge in [0.25, 0.3) is 5.91 Å². The highest BCUT2D eigenvalue weighted by Crippen LogP contribution is 2.25. The van der Waals surface area contributed by atoms with E-state index in [0.717, 1.165) is 24.4 Å². The van der Waals surface area contributed by atoms with E-state index in [1.54, 1.807) is 12.3 Å². The molecule has 1 aromatic heterocycles. The molecule has 1 aliphatic rings. The van der Waals surface area contributed by atoms with Gasteiger partial charge in [0.05, 0.1) is 18.0 Å². The molecular weight excluding hydrogens is 381 g/mol. The average Bonchev–Trinajstić information content (AvgIpc) is 3.30. The molecule has 1 saturated heterocycles. The minimum atomic E-state index is -0.195. The van der Waals surface area contributed by atoms with E-state index < -0.39 is 0 Å². The van der Waals surface area contributed by atoms with Gasteiger partial charge in [-0.2, -0.15) is 0 Å². The lowest BCUT2D eigenvalue weighted by atomic mass is 10.1. The molecule has 0 saturated carbocycles. The number of halogens is 1. The van der Waals surface area contributed by atoms with Gasteiger partial charge in [-0.15, -0.1) is 0 Å². The van der Waals surface area contributed by atoms with Gasteiger partial charge in [-0.3, -0.25) is 9.69 Å². The van der Waals surface area contributed by atoms with Crippen molar-refractivity contribution >= 4 is 11.6 Å². The zero-order chi connectivity index (χ0) is 20.9. The standard InChI is InChI=1S/C24H26FN3O2/c1-18-8-10-19(11-9-18)24(29)26-17-22(23-7-4-16-30-23)28-14-12-27(13-15-28)21-6-3-2-5-20(21)25/h2-11,16,22H,12-15,17H2,1H3,(H,26,29). The number of carbonyl (C=O) groups is 1. The Morgan fingerprint density at radius 1 is 1.03 bits per heavy atom. The van der Waals surface area contributed by atoms with Crippen LogP contribution in [-0.4, -0.2) is 43.5 Å². The van der Waals surface area contributed by atoms with Crippen LogP contribution in [0, 0.1) is 12.7 Å². The van der Waals surface area contributed by atoms with E-state index in [9.17, 15) is 9.18 Å². The fourth-order valence-electron chi connectivity index (χ4n) is 3.87. The highest BCUT2D eigenvalue weighted by Gasteiger charge is 2.28. The van der Waals surface area contributed by atoms with E-state index in [-0.39, 0.29) is 17.8 Å². The number of para-hydroxylation sites is 1. The first-order valence-corrected chi connectivity index (χ1v) is 10.2. The van der Waals surface area contributed by atoms with Crippen LogP contribution in [0.2, 0.25) is 0 Å². The maximum absolute atomic E-state index is 14.1. The summed E-state index contributed by atoms with van der Waals surface area (Å²) < 4.78 is 19.8. The van der Waals surface area contributed by atoms with Crippen molar-refractivity contribution in [1.29, 1.82) is 0 Å². The van der Waals surface area contributed by atoms with E-state index in [1.165, 1.54) is 6.07 Å². The number of furan rings is 1. The Morgan fingerprint density at radius 3 is 2.43 bits per heavy atom. The molecule has 1 aliphatic heterocycles. The van der Waals surface area contributed by atoms with Crippen molar-refractivity contribution in [2.24, 2.45) is 0 Å². The van der Waals surface area contributed by atoms with Crippen LogP contribution in [0.15, 0.2) is 71.3 Å². The topological polar surface area (TPSA) is 48.7 Å². The molecule has 2 heterocycles. The predicted octanol–water partition coefficient (Wildman–Crippen LogP) is 4.02. The molecule has 3 aromatic rings. The highest BCUT2D eigenvalue weighted by atomic mass is 19.1. The Labute approximate surface area is 176 Å². The first-order valence-electron chi connectivity index (χ1n) is 10.2. The van der Waals surface area contributed by atoms with Gasteiger partial charge in [-0.25, -0.2) is 4.39 Å². The fraction of sp³-hybridized carbons (Fsp3) is 0.292. The van der Waals surface area contributed by atoms with Crippen molar-refractivity contribution in [2.75, 3.05) is 37.6 Å². The maximum Gasteiger partial charge on any atom is 0.251 e. The van der Waals surface area contributed by atoms with Gasteiger partial charge in [-0.1, -0.05) is 29.8 Å². The number of amides is 1. The lowest BCUT2D eigenvalue weighted by Crippen LogP contribution is -2.50. The van der Waals surface area contributed by atoms with Crippen LogP contribution in [0.4, 0.5) is 10.1 Å². The first kappa shape index (κ1) is 20.2.